The maximum absolute atomic E-state index is 5.99. The molecule has 0 aliphatic rings. The molecule has 0 saturated heterocycles. The average Bonchev–Trinajstić information content (AvgIpc) is 2.47. The Kier molecular flexibility index (Phi) is 5.92. The van der Waals surface area contributed by atoms with Gasteiger partial charge in [0.1, 0.15) is 6.61 Å². The van der Waals surface area contributed by atoms with E-state index in [1.807, 2.05) is 49.4 Å². The highest BCUT2D eigenvalue weighted by atomic mass is 79.9. The maximum atomic E-state index is 5.99. The van der Waals surface area contributed by atoms with E-state index in [4.69, 9.17) is 9.47 Å². The zero-order valence-electron chi connectivity index (χ0n) is 11.2. The van der Waals surface area contributed by atoms with Crippen molar-refractivity contribution in [3.8, 4) is 11.5 Å². The molecule has 0 aliphatic carbocycles. The Balaban J connectivity index is 2.21. The number of para-hydroxylation sites is 1. The van der Waals surface area contributed by atoms with Crippen molar-refractivity contribution in [1.82, 2.24) is 0 Å². The topological polar surface area (TPSA) is 18.5 Å². The van der Waals surface area contributed by atoms with E-state index in [-0.39, 0.29) is 0 Å². The first-order chi connectivity index (χ1) is 9.76. The molecule has 0 fully saturated rings. The third-order valence-corrected chi connectivity index (χ3v) is 4.21. The third-order valence-electron chi connectivity index (χ3n) is 2.83. The summed E-state index contributed by atoms with van der Waals surface area (Å²) in [5.74, 6) is 1.60. The van der Waals surface area contributed by atoms with Crippen molar-refractivity contribution in [1.29, 1.82) is 0 Å². The Morgan fingerprint density at radius 1 is 0.950 bits per heavy atom. The van der Waals surface area contributed by atoms with Gasteiger partial charge in [-0.25, -0.2) is 0 Å². The molecule has 0 radical (unpaired) electrons. The van der Waals surface area contributed by atoms with Crippen molar-refractivity contribution < 1.29 is 9.47 Å². The molecule has 0 aliphatic heterocycles. The Labute approximate surface area is 136 Å². The van der Waals surface area contributed by atoms with Crippen molar-refractivity contribution in [2.24, 2.45) is 0 Å². The average molecular weight is 400 g/mol. The second-order valence-electron chi connectivity index (χ2n) is 4.19. The molecule has 0 heterocycles. The molecule has 0 N–H and O–H groups in total. The lowest BCUT2D eigenvalue weighted by Gasteiger charge is -2.15. The van der Waals surface area contributed by atoms with E-state index in [1.165, 1.54) is 0 Å². The van der Waals surface area contributed by atoms with Gasteiger partial charge in [-0.2, -0.15) is 0 Å². The van der Waals surface area contributed by atoms with Crippen LogP contribution in [-0.2, 0) is 11.9 Å². The minimum atomic E-state index is 0.505. The van der Waals surface area contributed by atoms with Crippen molar-refractivity contribution in [2.45, 2.75) is 18.9 Å². The molecule has 20 heavy (non-hydrogen) atoms. The summed E-state index contributed by atoms with van der Waals surface area (Å²) in [6.45, 7) is 3.10. The molecule has 0 aromatic heterocycles. The highest BCUT2D eigenvalue weighted by molar-refractivity contribution is 9.10. The highest BCUT2D eigenvalue weighted by Crippen LogP contribution is 2.33. The van der Waals surface area contributed by atoms with E-state index >= 15 is 0 Å². The van der Waals surface area contributed by atoms with Crippen LogP contribution in [0.3, 0.4) is 0 Å². The molecule has 0 atom stereocenters. The van der Waals surface area contributed by atoms with Crippen molar-refractivity contribution in [3.05, 3.63) is 58.1 Å². The monoisotopic (exact) mass is 398 g/mol. The Morgan fingerprint density at radius 3 is 2.40 bits per heavy atom. The summed E-state index contributed by atoms with van der Waals surface area (Å²) < 4.78 is 12.7. The first-order valence-corrected chi connectivity index (χ1v) is 8.34. The number of hydrogen-bond acceptors (Lipinski definition) is 2. The van der Waals surface area contributed by atoms with E-state index in [9.17, 15) is 0 Å². The van der Waals surface area contributed by atoms with Crippen LogP contribution >= 0.6 is 31.9 Å². The molecule has 0 bridgehead atoms. The molecule has 2 rings (SSSR count). The van der Waals surface area contributed by atoms with E-state index in [1.54, 1.807) is 0 Å². The van der Waals surface area contributed by atoms with Gasteiger partial charge in [0.05, 0.1) is 6.61 Å². The summed E-state index contributed by atoms with van der Waals surface area (Å²) in [4.78, 5) is 0. The van der Waals surface area contributed by atoms with Gasteiger partial charge in [-0.05, 0) is 19.1 Å². The van der Waals surface area contributed by atoms with Crippen molar-refractivity contribution in [3.63, 3.8) is 0 Å². The van der Waals surface area contributed by atoms with Gasteiger partial charge >= 0.3 is 0 Å². The number of halogens is 2. The van der Waals surface area contributed by atoms with Gasteiger partial charge in [-0.3, -0.25) is 0 Å². The molecule has 106 valence electrons. The predicted molar refractivity (Wildman–Crippen MR) is 88.7 cm³/mol. The Hall–Kier alpha value is -1.00. The van der Waals surface area contributed by atoms with Crippen LogP contribution in [0.5, 0.6) is 11.5 Å². The van der Waals surface area contributed by atoms with Crippen molar-refractivity contribution >= 4 is 31.9 Å². The molecule has 2 nitrogen and oxygen atoms in total. The smallest absolute Gasteiger partial charge is 0.165 e. The van der Waals surface area contributed by atoms with Crippen LogP contribution in [0.2, 0.25) is 0 Å². The Morgan fingerprint density at radius 2 is 1.70 bits per heavy atom. The van der Waals surface area contributed by atoms with Crippen LogP contribution in [0.1, 0.15) is 18.1 Å². The number of ether oxygens (including phenoxy) is 2. The highest BCUT2D eigenvalue weighted by Gasteiger charge is 2.11. The molecule has 0 saturated carbocycles. The largest absolute Gasteiger partial charge is 0.490 e. The fourth-order valence-electron chi connectivity index (χ4n) is 1.86. The molecule has 0 amide bonds. The van der Waals surface area contributed by atoms with Crippen LogP contribution in [0, 0.1) is 0 Å². The first kappa shape index (κ1) is 15.4. The first-order valence-electron chi connectivity index (χ1n) is 6.43. The van der Waals surface area contributed by atoms with Crippen LogP contribution < -0.4 is 9.47 Å². The predicted octanol–water partition coefficient (Wildman–Crippen LogP) is 5.32. The van der Waals surface area contributed by atoms with E-state index in [0.717, 1.165) is 32.4 Å². The SMILES string of the molecule is CCOc1cccc(CBr)c1OCc1ccccc1Br. The minimum absolute atomic E-state index is 0.505. The second kappa shape index (κ2) is 7.70. The summed E-state index contributed by atoms with van der Waals surface area (Å²) in [6.07, 6.45) is 0. The quantitative estimate of drug-likeness (QED) is 0.611. The lowest BCUT2D eigenvalue weighted by atomic mass is 10.2. The van der Waals surface area contributed by atoms with Gasteiger partial charge in [0.25, 0.3) is 0 Å². The summed E-state index contributed by atoms with van der Waals surface area (Å²) >= 11 is 7.02. The summed E-state index contributed by atoms with van der Waals surface area (Å²) in [5, 5.41) is 0.735. The van der Waals surface area contributed by atoms with Gasteiger partial charge in [-0.15, -0.1) is 0 Å². The van der Waals surface area contributed by atoms with E-state index in [0.29, 0.717) is 13.2 Å². The van der Waals surface area contributed by atoms with Crippen LogP contribution in [0.25, 0.3) is 0 Å². The third kappa shape index (κ3) is 3.76. The van der Waals surface area contributed by atoms with Gasteiger partial charge in [0, 0.05) is 20.9 Å². The second-order valence-corrected chi connectivity index (χ2v) is 5.61. The molecular weight excluding hydrogens is 384 g/mol. The van der Waals surface area contributed by atoms with Gasteiger partial charge in [-0.1, -0.05) is 62.2 Å². The van der Waals surface area contributed by atoms with E-state index < -0.39 is 0 Å². The standard InChI is InChI=1S/C16H16Br2O2/c1-2-19-15-9-5-7-12(10-17)16(15)20-11-13-6-3-4-8-14(13)18/h3-9H,2,10-11H2,1H3. The van der Waals surface area contributed by atoms with Crippen molar-refractivity contribution in [2.75, 3.05) is 6.61 Å². The fraction of sp³-hybridized carbons (Fsp3) is 0.250. The van der Waals surface area contributed by atoms with Crippen LogP contribution in [0.15, 0.2) is 46.9 Å². The number of rotatable bonds is 6. The summed E-state index contributed by atoms with van der Waals surface area (Å²) in [6, 6.07) is 14.0. The van der Waals surface area contributed by atoms with Gasteiger partial charge in [0.15, 0.2) is 11.5 Å². The Bertz CT molecular complexity index is 570. The molecule has 4 heteroatoms. The summed E-state index contributed by atoms with van der Waals surface area (Å²) in [7, 11) is 0. The maximum Gasteiger partial charge on any atom is 0.165 e. The number of benzene rings is 2. The number of alkyl halides is 1. The van der Waals surface area contributed by atoms with Crippen LogP contribution in [-0.4, -0.2) is 6.61 Å². The molecule has 0 spiro atoms. The molecule has 2 aromatic carbocycles. The lowest BCUT2D eigenvalue weighted by Crippen LogP contribution is -2.02. The van der Waals surface area contributed by atoms with Gasteiger partial charge in [0.2, 0.25) is 0 Å². The zero-order valence-corrected chi connectivity index (χ0v) is 14.4. The lowest BCUT2D eigenvalue weighted by molar-refractivity contribution is 0.267. The normalized spacial score (nSPS) is 10.3. The fourth-order valence-corrected chi connectivity index (χ4v) is 2.71. The van der Waals surface area contributed by atoms with Gasteiger partial charge < -0.3 is 9.47 Å². The van der Waals surface area contributed by atoms with E-state index in [2.05, 4.69) is 31.9 Å². The molecule has 0 unspecified atom stereocenters. The molecule has 2 aromatic rings. The number of hydrogen-bond donors (Lipinski definition) is 0. The zero-order chi connectivity index (χ0) is 14.4. The van der Waals surface area contributed by atoms with Crippen LogP contribution in [0.4, 0.5) is 0 Å². The minimum Gasteiger partial charge on any atom is -0.490 e. The molecular formula is C16H16Br2O2. The summed E-state index contributed by atoms with van der Waals surface area (Å²) in [5.41, 5.74) is 2.20.